The summed E-state index contributed by atoms with van der Waals surface area (Å²) in [5.74, 6) is -1.00. The first-order chi connectivity index (χ1) is 15.5. The van der Waals surface area contributed by atoms with Gasteiger partial charge >= 0.3 is 5.97 Å². The lowest BCUT2D eigenvalue weighted by molar-refractivity contribution is -0.121. The molecular weight excluding hydrogens is 426 g/mol. The van der Waals surface area contributed by atoms with E-state index in [1.807, 2.05) is 24.4 Å². The number of hydrogen-bond acceptors (Lipinski definition) is 6. The van der Waals surface area contributed by atoms with E-state index in [2.05, 4.69) is 16.0 Å². The number of hydrogen-bond donors (Lipinski definition) is 1. The van der Waals surface area contributed by atoms with Crippen molar-refractivity contribution in [2.45, 2.75) is 13.3 Å². The summed E-state index contributed by atoms with van der Waals surface area (Å²) in [6.45, 7) is 2.10. The van der Waals surface area contributed by atoms with Gasteiger partial charge in [-0.1, -0.05) is 24.3 Å². The quantitative estimate of drug-likeness (QED) is 0.484. The highest BCUT2D eigenvalue weighted by Crippen LogP contribution is 2.32. The molecule has 160 valence electrons. The number of aryl methyl sites for hydroxylation is 1. The molecule has 0 fully saturated rings. The van der Waals surface area contributed by atoms with E-state index in [-0.39, 0.29) is 11.5 Å². The Morgan fingerprint density at radius 2 is 2.03 bits per heavy atom. The fourth-order valence-corrected chi connectivity index (χ4v) is 4.59. The zero-order valence-electron chi connectivity index (χ0n) is 17.3. The number of aromatic nitrogens is 2. The summed E-state index contributed by atoms with van der Waals surface area (Å²) in [4.78, 5) is 46.1. The Balaban J connectivity index is 1.31. The van der Waals surface area contributed by atoms with Crippen molar-refractivity contribution in [2.75, 3.05) is 18.1 Å². The number of ether oxygens (including phenoxy) is 1. The van der Waals surface area contributed by atoms with Crippen LogP contribution in [0.15, 0.2) is 58.7 Å². The Kier molecular flexibility index (Phi) is 5.07. The van der Waals surface area contributed by atoms with Crippen molar-refractivity contribution in [3.8, 4) is 11.3 Å². The van der Waals surface area contributed by atoms with E-state index < -0.39 is 18.1 Å². The highest BCUT2D eigenvalue weighted by Gasteiger charge is 2.26. The number of rotatable bonds is 4. The van der Waals surface area contributed by atoms with Crippen molar-refractivity contribution < 1.29 is 14.3 Å². The minimum atomic E-state index is -0.700. The Morgan fingerprint density at radius 1 is 1.19 bits per heavy atom. The van der Waals surface area contributed by atoms with Gasteiger partial charge in [0, 0.05) is 40.1 Å². The lowest BCUT2D eigenvalue weighted by Crippen LogP contribution is -2.33. The Morgan fingerprint density at radius 3 is 2.84 bits per heavy atom. The first-order valence-electron chi connectivity index (χ1n) is 10.1. The van der Waals surface area contributed by atoms with Crippen molar-refractivity contribution >= 4 is 39.8 Å². The number of nitrogens with one attached hydrogen (secondary N) is 1. The van der Waals surface area contributed by atoms with Gasteiger partial charge in [-0.3, -0.25) is 9.59 Å². The molecule has 5 rings (SSSR count). The number of carbonyl (C=O) groups is 2. The van der Waals surface area contributed by atoms with Crippen LogP contribution in [0.25, 0.3) is 22.2 Å². The molecule has 2 aromatic heterocycles. The number of nitrogens with zero attached hydrogens (tertiary/aromatic N) is 2. The molecule has 1 aliphatic heterocycles. The Hall–Kier alpha value is -3.78. The van der Waals surface area contributed by atoms with Crippen LogP contribution in [0, 0.1) is 6.92 Å². The van der Waals surface area contributed by atoms with Crippen molar-refractivity contribution in [2.24, 2.45) is 0 Å². The number of thiazole rings is 1. The normalized spacial score (nSPS) is 12.7. The van der Waals surface area contributed by atoms with Crippen LogP contribution in [-0.4, -0.2) is 35.0 Å². The maximum absolute atomic E-state index is 12.8. The predicted molar refractivity (Wildman–Crippen MR) is 123 cm³/mol. The van der Waals surface area contributed by atoms with Gasteiger partial charge in [0.2, 0.25) is 5.56 Å². The molecule has 3 heterocycles. The third-order valence-electron chi connectivity index (χ3n) is 5.49. The van der Waals surface area contributed by atoms with E-state index in [0.29, 0.717) is 17.4 Å². The summed E-state index contributed by atoms with van der Waals surface area (Å²) in [6.07, 6.45) is 0.727. The Labute approximate surface area is 187 Å². The Bertz CT molecular complexity index is 1420. The molecule has 0 spiro atoms. The van der Waals surface area contributed by atoms with E-state index in [0.717, 1.165) is 33.9 Å². The molecule has 1 amide bonds. The van der Waals surface area contributed by atoms with Crippen LogP contribution < -0.4 is 10.5 Å². The molecule has 1 N–H and O–H groups in total. The first-order valence-corrected chi connectivity index (χ1v) is 11.0. The van der Waals surface area contributed by atoms with Crippen molar-refractivity contribution in [3.05, 3.63) is 80.4 Å². The first kappa shape index (κ1) is 20.1. The summed E-state index contributed by atoms with van der Waals surface area (Å²) >= 11 is 1.60. The van der Waals surface area contributed by atoms with Gasteiger partial charge in [-0.25, -0.2) is 9.78 Å². The molecule has 2 aromatic carbocycles. The average Bonchev–Trinajstić information content (AvgIpc) is 3.42. The number of carbonyl (C=O) groups excluding carboxylic acids is 2. The average molecular weight is 446 g/mol. The number of anilines is 1. The van der Waals surface area contributed by atoms with Gasteiger partial charge in [-0.05, 0) is 37.1 Å². The maximum Gasteiger partial charge on any atom is 0.339 e. The van der Waals surface area contributed by atoms with E-state index in [9.17, 15) is 14.4 Å². The fraction of sp³-hybridized carbons (Fsp3) is 0.167. The monoisotopic (exact) mass is 445 g/mol. The van der Waals surface area contributed by atoms with E-state index in [1.165, 1.54) is 6.07 Å². The van der Waals surface area contributed by atoms with Crippen molar-refractivity contribution in [1.82, 2.24) is 9.97 Å². The standard InChI is InChI=1S/C24H19N3O4S/c1-14-25-20(13-32-14)15-6-7-21-16(10-15)8-9-27(21)23(29)12-31-24(30)18-11-22(28)26-19-5-3-2-4-17(18)19/h2-7,10-11,13H,8-9,12H2,1H3,(H,26,28). The molecule has 0 saturated heterocycles. The lowest BCUT2D eigenvalue weighted by atomic mass is 10.1. The van der Waals surface area contributed by atoms with Crippen LogP contribution in [0.4, 0.5) is 5.69 Å². The van der Waals surface area contributed by atoms with Crippen LogP contribution in [-0.2, 0) is 16.0 Å². The SMILES string of the molecule is Cc1nc(-c2ccc3c(c2)CCN3C(=O)COC(=O)c2cc(=O)[nH]c3ccccc23)cs1. The largest absolute Gasteiger partial charge is 0.452 e. The molecule has 7 nitrogen and oxygen atoms in total. The molecule has 0 aliphatic carbocycles. The molecule has 0 saturated carbocycles. The zero-order valence-corrected chi connectivity index (χ0v) is 18.1. The summed E-state index contributed by atoms with van der Waals surface area (Å²) in [7, 11) is 0. The second-order valence-corrected chi connectivity index (χ2v) is 8.62. The minimum absolute atomic E-state index is 0.141. The maximum atomic E-state index is 12.8. The molecule has 4 aromatic rings. The second-order valence-electron chi connectivity index (χ2n) is 7.56. The number of fused-ring (bicyclic) bond motifs is 2. The number of amides is 1. The van der Waals surface area contributed by atoms with Crippen molar-refractivity contribution in [1.29, 1.82) is 0 Å². The van der Waals surface area contributed by atoms with Gasteiger partial charge in [-0.15, -0.1) is 11.3 Å². The third-order valence-corrected chi connectivity index (χ3v) is 6.26. The van der Waals surface area contributed by atoms with Crippen LogP contribution in [0.3, 0.4) is 0 Å². The highest BCUT2D eigenvalue weighted by atomic mass is 32.1. The predicted octanol–water partition coefficient (Wildman–Crippen LogP) is 3.71. The molecule has 0 unspecified atom stereocenters. The van der Waals surface area contributed by atoms with Crippen LogP contribution >= 0.6 is 11.3 Å². The number of para-hydroxylation sites is 1. The number of aromatic amines is 1. The number of pyridine rings is 1. The number of esters is 1. The van der Waals surface area contributed by atoms with Crippen LogP contribution in [0.1, 0.15) is 20.9 Å². The topological polar surface area (TPSA) is 92.4 Å². The molecular formula is C24H19N3O4S. The van der Waals surface area contributed by atoms with Crippen LogP contribution in [0.5, 0.6) is 0 Å². The molecule has 32 heavy (non-hydrogen) atoms. The van der Waals surface area contributed by atoms with Gasteiger partial charge in [-0.2, -0.15) is 0 Å². The fourth-order valence-electron chi connectivity index (χ4n) is 3.97. The molecule has 0 atom stereocenters. The second kappa shape index (κ2) is 8.05. The molecule has 0 bridgehead atoms. The van der Waals surface area contributed by atoms with Gasteiger partial charge in [0.05, 0.1) is 16.3 Å². The zero-order chi connectivity index (χ0) is 22.2. The number of H-pyrrole nitrogens is 1. The van der Waals surface area contributed by atoms with E-state index in [1.54, 1.807) is 40.5 Å². The summed E-state index contributed by atoms with van der Waals surface area (Å²) in [6, 6.07) is 14.1. The minimum Gasteiger partial charge on any atom is -0.452 e. The van der Waals surface area contributed by atoms with Gasteiger partial charge < -0.3 is 14.6 Å². The number of benzene rings is 2. The molecule has 0 radical (unpaired) electrons. The summed E-state index contributed by atoms with van der Waals surface area (Å²) in [5.41, 5.74) is 4.12. The molecule has 8 heteroatoms. The van der Waals surface area contributed by atoms with E-state index >= 15 is 0 Å². The smallest absolute Gasteiger partial charge is 0.339 e. The van der Waals surface area contributed by atoms with Crippen molar-refractivity contribution in [3.63, 3.8) is 0 Å². The van der Waals surface area contributed by atoms with Gasteiger partial charge in [0.15, 0.2) is 6.61 Å². The summed E-state index contributed by atoms with van der Waals surface area (Å²) < 4.78 is 5.28. The third kappa shape index (κ3) is 3.69. The van der Waals surface area contributed by atoms with E-state index in [4.69, 9.17) is 4.74 Å². The van der Waals surface area contributed by atoms with Gasteiger partial charge in [0.25, 0.3) is 5.91 Å². The van der Waals surface area contributed by atoms with Gasteiger partial charge in [0.1, 0.15) is 0 Å². The van der Waals surface area contributed by atoms with Crippen LogP contribution in [0.2, 0.25) is 0 Å². The highest BCUT2D eigenvalue weighted by molar-refractivity contribution is 7.09. The molecule has 1 aliphatic rings. The lowest BCUT2D eigenvalue weighted by Gasteiger charge is -2.17. The summed E-state index contributed by atoms with van der Waals surface area (Å²) in [5, 5.41) is 3.60.